The Morgan fingerprint density at radius 1 is 1.12 bits per heavy atom. The number of halogens is 4. The van der Waals surface area contributed by atoms with Crippen molar-refractivity contribution in [3.05, 3.63) is 30.1 Å². The quantitative estimate of drug-likeness (QED) is 0.211. The molecule has 1 rings (SSSR count). The summed E-state index contributed by atoms with van der Waals surface area (Å²) in [4.78, 5) is 12.1. The van der Waals surface area contributed by atoms with Crippen molar-refractivity contribution in [2.24, 2.45) is 0 Å². The van der Waals surface area contributed by atoms with Crippen molar-refractivity contribution in [3.63, 3.8) is 0 Å². The molecule has 0 aromatic heterocycles. The first kappa shape index (κ1) is 23.2. The third-order valence-corrected chi connectivity index (χ3v) is 4.39. The van der Waals surface area contributed by atoms with Gasteiger partial charge in [0.1, 0.15) is 12.0 Å². The van der Waals surface area contributed by atoms with E-state index in [9.17, 15) is 9.18 Å². The highest BCUT2D eigenvalue weighted by Crippen LogP contribution is 2.29. The fourth-order valence-corrected chi connectivity index (χ4v) is 2.72. The molecule has 4 nitrogen and oxygen atoms in total. The van der Waals surface area contributed by atoms with Crippen LogP contribution in [0.1, 0.15) is 45.4 Å². The number of alkyl halides is 3. The van der Waals surface area contributed by atoms with E-state index in [1.807, 2.05) is 0 Å². The highest BCUT2D eigenvalue weighted by molar-refractivity contribution is 7.80. The van der Waals surface area contributed by atoms with Crippen LogP contribution in [-0.4, -0.2) is 21.0 Å². The molecule has 0 aliphatic heterocycles. The van der Waals surface area contributed by atoms with Gasteiger partial charge in [-0.25, -0.2) is 4.39 Å². The summed E-state index contributed by atoms with van der Waals surface area (Å²) in [6, 6.07) is 5.61. The molecule has 1 aromatic carbocycles. The molecule has 0 aliphatic rings. The number of rotatable bonds is 9. The number of carbonyl (C=O) groups is 1. The number of nitrogens with one attached hydrogen (secondary N) is 3. The van der Waals surface area contributed by atoms with Crippen LogP contribution in [0.4, 0.5) is 10.1 Å². The van der Waals surface area contributed by atoms with Gasteiger partial charge in [-0.1, -0.05) is 67.4 Å². The number of hydrogen-bond acceptors (Lipinski definition) is 2. The second kappa shape index (κ2) is 11.8. The number of carbonyl (C=O) groups excluding carboxylic acids is 1. The van der Waals surface area contributed by atoms with Crippen LogP contribution in [0.25, 0.3) is 0 Å². The van der Waals surface area contributed by atoms with Gasteiger partial charge in [-0.2, -0.15) is 0 Å². The Balaban J connectivity index is 2.51. The molecule has 0 fully saturated rings. The molecule has 0 unspecified atom stereocenters. The van der Waals surface area contributed by atoms with E-state index < -0.39 is 9.96 Å². The summed E-state index contributed by atoms with van der Waals surface area (Å²) < 4.78 is 11.1. The van der Waals surface area contributed by atoms with E-state index in [0.29, 0.717) is 12.1 Å². The lowest BCUT2D eigenvalue weighted by Crippen LogP contribution is -2.56. The van der Waals surface area contributed by atoms with Crippen LogP contribution in [0.15, 0.2) is 24.3 Å². The molecule has 26 heavy (non-hydrogen) atoms. The molecule has 1 aromatic rings. The van der Waals surface area contributed by atoms with Crippen LogP contribution in [0, 0.1) is 5.82 Å². The smallest absolute Gasteiger partial charge is 0.228 e. The van der Waals surface area contributed by atoms with Crippen LogP contribution in [-0.2, 0) is 4.79 Å². The van der Waals surface area contributed by atoms with Gasteiger partial charge in [-0.05, 0) is 42.9 Å². The maximum Gasteiger partial charge on any atom is 0.228 e. The summed E-state index contributed by atoms with van der Waals surface area (Å²) in [5.41, 5.74) is 0.564. The third kappa shape index (κ3) is 9.76. The summed E-state index contributed by atoms with van der Waals surface area (Å²) >= 11 is 22.9. The Kier molecular flexibility index (Phi) is 10.5. The van der Waals surface area contributed by atoms with E-state index in [4.69, 9.17) is 47.0 Å². The first-order chi connectivity index (χ1) is 12.2. The highest BCUT2D eigenvalue weighted by Gasteiger charge is 2.34. The minimum Gasteiger partial charge on any atom is -0.339 e. The lowest BCUT2D eigenvalue weighted by atomic mass is 10.1. The van der Waals surface area contributed by atoms with Crippen LogP contribution in [0.5, 0.6) is 0 Å². The van der Waals surface area contributed by atoms with E-state index in [2.05, 4.69) is 22.9 Å². The van der Waals surface area contributed by atoms with Crippen molar-refractivity contribution in [1.29, 1.82) is 0 Å². The molecule has 0 saturated carbocycles. The van der Waals surface area contributed by atoms with Crippen LogP contribution in [0.2, 0.25) is 0 Å². The Morgan fingerprint density at radius 3 is 2.31 bits per heavy atom. The SMILES string of the molecule is CCCCCCCC(=O)N[C@H](NC(=S)Nc1ccc(F)cc1)C(Cl)(Cl)Cl. The average molecular weight is 443 g/mol. The first-order valence-corrected chi connectivity index (χ1v) is 9.95. The van der Waals surface area contributed by atoms with Crippen LogP contribution >= 0.6 is 47.0 Å². The second-order valence-corrected chi connectivity index (χ2v) is 8.59. The predicted molar refractivity (Wildman–Crippen MR) is 111 cm³/mol. The van der Waals surface area contributed by atoms with Crippen LogP contribution < -0.4 is 16.0 Å². The van der Waals surface area contributed by atoms with Crippen molar-refractivity contribution in [3.8, 4) is 0 Å². The van der Waals surface area contributed by atoms with Gasteiger partial charge >= 0.3 is 0 Å². The van der Waals surface area contributed by atoms with Gasteiger partial charge in [-0.15, -0.1) is 0 Å². The Labute approximate surface area is 174 Å². The minimum absolute atomic E-state index is 0.135. The fraction of sp³-hybridized carbons (Fsp3) is 0.529. The van der Waals surface area contributed by atoms with Crippen molar-refractivity contribution in [2.45, 2.75) is 55.4 Å². The Morgan fingerprint density at radius 2 is 1.73 bits per heavy atom. The number of amides is 1. The van der Waals surface area contributed by atoms with E-state index in [-0.39, 0.29) is 16.8 Å². The standard InChI is InChI=1S/C17H23Cl3FN3OS/c1-2-3-4-5-6-7-14(25)23-15(17(18,19)20)24-16(26)22-13-10-8-12(21)9-11-13/h8-11,15H,2-7H2,1H3,(H,23,25)(H2,22,24,26)/t15-/m1/s1. The largest absolute Gasteiger partial charge is 0.339 e. The molecular weight excluding hydrogens is 420 g/mol. The molecule has 9 heteroatoms. The second-order valence-electron chi connectivity index (χ2n) is 5.81. The third-order valence-electron chi connectivity index (χ3n) is 3.52. The van der Waals surface area contributed by atoms with Crippen molar-refractivity contribution in [1.82, 2.24) is 10.6 Å². The maximum atomic E-state index is 12.9. The first-order valence-electron chi connectivity index (χ1n) is 8.41. The molecule has 1 amide bonds. The summed E-state index contributed by atoms with van der Waals surface area (Å²) in [5.74, 6) is -0.588. The van der Waals surface area contributed by atoms with Gasteiger partial charge < -0.3 is 16.0 Å². The Hall–Kier alpha value is -0.820. The molecule has 3 N–H and O–H groups in total. The zero-order valence-corrected chi connectivity index (χ0v) is 17.5. The van der Waals surface area contributed by atoms with Gasteiger partial charge in [0, 0.05) is 12.1 Å². The molecule has 0 saturated heterocycles. The molecule has 0 bridgehead atoms. The van der Waals surface area contributed by atoms with E-state index in [1.165, 1.54) is 24.3 Å². The van der Waals surface area contributed by atoms with Gasteiger partial charge in [0.2, 0.25) is 9.70 Å². The number of thiocarbonyl (C=S) groups is 1. The maximum absolute atomic E-state index is 12.9. The summed E-state index contributed by atoms with van der Waals surface area (Å²) in [7, 11) is 0. The number of unbranched alkanes of at least 4 members (excludes halogenated alkanes) is 4. The molecule has 0 heterocycles. The van der Waals surface area contributed by atoms with Gasteiger partial charge in [0.05, 0.1) is 0 Å². The van der Waals surface area contributed by atoms with Crippen molar-refractivity contribution < 1.29 is 9.18 Å². The normalized spacial score (nSPS) is 12.3. The van der Waals surface area contributed by atoms with Crippen molar-refractivity contribution in [2.75, 3.05) is 5.32 Å². The van der Waals surface area contributed by atoms with Crippen molar-refractivity contribution >= 4 is 63.7 Å². The van der Waals surface area contributed by atoms with E-state index >= 15 is 0 Å². The Bertz CT molecular complexity index is 582. The average Bonchev–Trinajstić information content (AvgIpc) is 2.55. The molecule has 0 radical (unpaired) electrons. The number of hydrogen-bond donors (Lipinski definition) is 3. The minimum atomic E-state index is -1.80. The zero-order chi connectivity index (χ0) is 19.6. The molecule has 1 atom stereocenters. The van der Waals surface area contributed by atoms with E-state index in [1.54, 1.807) is 0 Å². The molecule has 146 valence electrons. The number of anilines is 1. The monoisotopic (exact) mass is 441 g/mol. The molecular formula is C17H23Cl3FN3OS. The van der Waals surface area contributed by atoms with Gasteiger partial charge in [-0.3, -0.25) is 4.79 Å². The van der Waals surface area contributed by atoms with E-state index in [0.717, 1.165) is 32.1 Å². The summed E-state index contributed by atoms with van der Waals surface area (Å²) in [5, 5.41) is 8.37. The summed E-state index contributed by atoms with van der Waals surface area (Å²) in [6.07, 6.45) is 4.50. The predicted octanol–water partition coefficient (Wildman–Crippen LogP) is 5.29. The topological polar surface area (TPSA) is 53.2 Å². The lowest BCUT2D eigenvalue weighted by molar-refractivity contribution is -0.122. The molecule has 0 aliphatic carbocycles. The van der Waals surface area contributed by atoms with Gasteiger partial charge in [0.25, 0.3) is 0 Å². The zero-order valence-electron chi connectivity index (χ0n) is 14.5. The number of benzene rings is 1. The molecule has 0 spiro atoms. The lowest BCUT2D eigenvalue weighted by Gasteiger charge is -2.27. The highest BCUT2D eigenvalue weighted by atomic mass is 35.6. The fourth-order valence-electron chi connectivity index (χ4n) is 2.15. The summed E-state index contributed by atoms with van der Waals surface area (Å²) in [6.45, 7) is 2.13. The van der Waals surface area contributed by atoms with Gasteiger partial charge in [0.15, 0.2) is 5.11 Å². The van der Waals surface area contributed by atoms with Crippen LogP contribution in [0.3, 0.4) is 0 Å².